The highest BCUT2D eigenvalue weighted by molar-refractivity contribution is 5.39. The van der Waals surface area contributed by atoms with Crippen molar-refractivity contribution >= 4 is 5.69 Å². The van der Waals surface area contributed by atoms with Crippen molar-refractivity contribution < 1.29 is 4.84 Å². The van der Waals surface area contributed by atoms with Gasteiger partial charge >= 0.3 is 0 Å². The highest BCUT2D eigenvalue weighted by Crippen LogP contribution is 2.12. The standard InChI is InChI=1S/C20H35NO/c1-2-3-4-5-6-7-8-9-10-11-12-16-19-22-21-20-17-14-13-15-18-20/h13-15,17-18,21H,2-12,16,19H2,1H3. The van der Waals surface area contributed by atoms with Crippen LogP contribution in [0.15, 0.2) is 30.3 Å². The van der Waals surface area contributed by atoms with Gasteiger partial charge in [-0.1, -0.05) is 95.8 Å². The molecule has 0 fully saturated rings. The van der Waals surface area contributed by atoms with Crippen LogP contribution in [0.4, 0.5) is 5.69 Å². The molecule has 2 nitrogen and oxygen atoms in total. The van der Waals surface area contributed by atoms with Crippen LogP contribution < -0.4 is 5.48 Å². The molecule has 1 rings (SSSR count). The number of unbranched alkanes of at least 4 members (excludes halogenated alkanes) is 11. The maximum absolute atomic E-state index is 5.46. The average molecular weight is 306 g/mol. The van der Waals surface area contributed by atoms with E-state index >= 15 is 0 Å². The van der Waals surface area contributed by atoms with Crippen LogP contribution in [0.1, 0.15) is 84.0 Å². The van der Waals surface area contributed by atoms with Crippen molar-refractivity contribution in [2.24, 2.45) is 0 Å². The van der Waals surface area contributed by atoms with Crippen LogP contribution in [-0.4, -0.2) is 6.61 Å². The van der Waals surface area contributed by atoms with Gasteiger partial charge in [0.25, 0.3) is 0 Å². The molecule has 1 N–H and O–H groups in total. The zero-order chi connectivity index (χ0) is 15.7. The van der Waals surface area contributed by atoms with Crippen molar-refractivity contribution in [1.29, 1.82) is 0 Å². The Morgan fingerprint density at radius 3 is 1.73 bits per heavy atom. The van der Waals surface area contributed by atoms with Crippen LogP contribution in [0.2, 0.25) is 0 Å². The van der Waals surface area contributed by atoms with Gasteiger partial charge in [-0.15, -0.1) is 0 Å². The lowest BCUT2D eigenvalue weighted by Crippen LogP contribution is -2.02. The van der Waals surface area contributed by atoms with E-state index < -0.39 is 0 Å². The Morgan fingerprint density at radius 1 is 0.682 bits per heavy atom. The molecule has 126 valence electrons. The fourth-order valence-electron chi connectivity index (χ4n) is 2.66. The first-order valence-corrected chi connectivity index (χ1v) is 9.36. The summed E-state index contributed by atoms with van der Waals surface area (Å²) >= 11 is 0. The quantitative estimate of drug-likeness (QED) is 0.286. The first-order chi connectivity index (χ1) is 10.9. The molecule has 2 heteroatoms. The number of anilines is 1. The highest BCUT2D eigenvalue weighted by atomic mass is 16.6. The third kappa shape index (κ3) is 11.6. The largest absolute Gasteiger partial charge is 0.276 e. The summed E-state index contributed by atoms with van der Waals surface area (Å²) in [4.78, 5) is 5.46. The first-order valence-electron chi connectivity index (χ1n) is 9.36. The second kappa shape index (κ2) is 14.9. The van der Waals surface area contributed by atoms with Crippen LogP contribution in [0, 0.1) is 0 Å². The maximum atomic E-state index is 5.46. The average Bonchev–Trinajstić information content (AvgIpc) is 2.56. The normalized spacial score (nSPS) is 10.8. The van der Waals surface area contributed by atoms with Crippen LogP contribution in [-0.2, 0) is 4.84 Å². The summed E-state index contributed by atoms with van der Waals surface area (Å²) in [6, 6.07) is 10.1. The first kappa shape index (κ1) is 19.0. The van der Waals surface area contributed by atoms with Gasteiger partial charge in [0.05, 0.1) is 12.3 Å². The number of rotatable bonds is 15. The van der Waals surface area contributed by atoms with E-state index in [0.29, 0.717) is 0 Å². The fraction of sp³-hybridized carbons (Fsp3) is 0.700. The van der Waals surface area contributed by atoms with Gasteiger partial charge in [-0.25, -0.2) is 0 Å². The van der Waals surface area contributed by atoms with Crippen molar-refractivity contribution in [1.82, 2.24) is 0 Å². The second-order valence-electron chi connectivity index (χ2n) is 6.21. The van der Waals surface area contributed by atoms with E-state index in [-0.39, 0.29) is 0 Å². The van der Waals surface area contributed by atoms with Crippen LogP contribution in [0.5, 0.6) is 0 Å². The van der Waals surface area contributed by atoms with Crippen molar-refractivity contribution in [3.05, 3.63) is 30.3 Å². The molecule has 0 unspecified atom stereocenters. The Morgan fingerprint density at radius 2 is 1.18 bits per heavy atom. The lowest BCUT2D eigenvalue weighted by Gasteiger charge is -2.06. The molecular weight excluding hydrogens is 270 g/mol. The Bertz CT molecular complexity index is 326. The zero-order valence-corrected chi connectivity index (χ0v) is 14.5. The molecule has 0 saturated heterocycles. The number of hydrogen-bond donors (Lipinski definition) is 1. The van der Waals surface area contributed by atoms with Crippen molar-refractivity contribution in [2.45, 2.75) is 84.0 Å². The minimum absolute atomic E-state index is 0.798. The van der Waals surface area contributed by atoms with Gasteiger partial charge < -0.3 is 0 Å². The topological polar surface area (TPSA) is 21.3 Å². The van der Waals surface area contributed by atoms with Gasteiger partial charge in [0.15, 0.2) is 0 Å². The molecular formula is C20H35NO. The molecule has 0 heterocycles. The van der Waals surface area contributed by atoms with E-state index in [4.69, 9.17) is 4.84 Å². The molecule has 0 amide bonds. The number of nitrogens with one attached hydrogen (secondary N) is 1. The third-order valence-corrected chi connectivity index (χ3v) is 4.06. The van der Waals surface area contributed by atoms with Crippen LogP contribution in [0.25, 0.3) is 0 Å². The molecule has 0 aliphatic rings. The SMILES string of the molecule is CCCCCCCCCCCCCCONc1ccccc1. The molecule has 0 aliphatic carbocycles. The smallest absolute Gasteiger partial charge is 0.0746 e. The van der Waals surface area contributed by atoms with E-state index in [9.17, 15) is 0 Å². The molecule has 1 aromatic carbocycles. The molecule has 0 bridgehead atoms. The second-order valence-corrected chi connectivity index (χ2v) is 6.21. The van der Waals surface area contributed by atoms with Crippen LogP contribution in [0.3, 0.4) is 0 Å². The van der Waals surface area contributed by atoms with E-state index in [1.807, 2.05) is 30.3 Å². The number of hydrogen-bond acceptors (Lipinski definition) is 2. The number of benzene rings is 1. The molecule has 0 aromatic heterocycles. The van der Waals surface area contributed by atoms with E-state index in [1.165, 1.54) is 70.6 Å². The van der Waals surface area contributed by atoms with Crippen LogP contribution >= 0.6 is 0 Å². The van der Waals surface area contributed by atoms with Gasteiger partial charge in [-0.05, 0) is 18.6 Å². The third-order valence-electron chi connectivity index (χ3n) is 4.06. The molecule has 0 atom stereocenters. The summed E-state index contributed by atoms with van der Waals surface area (Å²) in [7, 11) is 0. The van der Waals surface area contributed by atoms with Gasteiger partial charge in [-0.3, -0.25) is 10.3 Å². The van der Waals surface area contributed by atoms with Gasteiger partial charge in [0.2, 0.25) is 0 Å². The molecule has 0 saturated carbocycles. The Hall–Kier alpha value is -1.02. The predicted molar refractivity (Wildman–Crippen MR) is 97.1 cm³/mol. The van der Waals surface area contributed by atoms with E-state index in [0.717, 1.165) is 18.7 Å². The van der Waals surface area contributed by atoms with Gasteiger partial charge in [0, 0.05) is 0 Å². The van der Waals surface area contributed by atoms with E-state index in [2.05, 4.69) is 12.4 Å². The summed E-state index contributed by atoms with van der Waals surface area (Å²) in [5.74, 6) is 0. The molecule has 0 aliphatic heterocycles. The minimum Gasteiger partial charge on any atom is -0.276 e. The Labute approximate surface area is 137 Å². The molecule has 0 spiro atoms. The predicted octanol–water partition coefficient (Wildman–Crippen LogP) is 6.73. The Balaban J connectivity index is 1.73. The summed E-state index contributed by atoms with van der Waals surface area (Å²) < 4.78 is 0. The molecule has 22 heavy (non-hydrogen) atoms. The summed E-state index contributed by atoms with van der Waals surface area (Å²) in [5, 5.41) is 0. The van der Waals surface area contributed by atoms with Crippen molar-refractivity contribution in [2.75, 3.05) is 12.1 Å². The van der Waals surface area contributed by atoms with E-state index in [1.54, 1.807) is 0 Å². The van der Waals surface area contributed by atoms with Crippen molar-refractivity contribution in [3.8, 4) is 0 Å². The maximum Gasteiger partial charge on any atom is 0.0746 e. The monoisotopic (exact) mass is 305 g/mol. The summed E-state index contributed by atoms with van der Waals surface area (Å²) in [5.41, 5.74) is 4.01. The lowest BCUT2D eigenvalue weighted by molar-refractivity contribution is 0.187. The molecule has 1 aromatic rings. The summed E-state index contributed by atoms with van der Waals surface area (Å²) in [6.45, 7) is 3.08. The zero-order valence-electron chi connectivity index (χ0n) is 14.5. The van der Waals surface area contributed by atoms with Gasteiger partial charge in [0.1, 0.15) is 0 Å². The highest BCUT2D eigenvalue weighted by Gasteiger charge is 1.94. The minimum atomic E-state index is 0.798. The molecule has 0 radical (unpaired) electrons. The fourth-order valence-corrected chi connectivity index (χ4v) is 2.66. The van der Waals surface area contributed by atoms with Gasteiger partial charge in [-0.2, -0.15) is 0 Å². The summed E-state index contributed by atoms with van der Waals surface area (Å²) in [6.07, 6.45) is 16.6. The van der Waals surface area contributed by atoms with Crippen molar-refractivity contribution in [3.63, 3.8) is 0 Å². The Kier molecular flexibility index (Phi) is 12.9. The number of para-hydroxylation sites is 1. The lowest BCUT2D eigenvalue weighted by atomic mass is 10.1.